The molecule has 0 radical (unpaired) electrons. The van der Waals surface area contributed by atoms with Crippen molar-refractivity contribution < 1.29 is 0 Å². The first kappa shape index (κ1) is 11.3. The number of hydrogen-bond donors (Lipinski definition) is 0. The summed E-state index contributed by atoms with van der Waals surface area (Å²) in [5.74, 6) is 0.758. The van der Waals surface area contributed by atoms with Gasteiger partial charge in [-0.1, -0.05) is 44.9 Å². The predicted octanol–water partition coefficient (Wildman–Crippen LogP) is 4.34. The summed E-state index contributed by atoms with van der Waals surface area (Å²) in [7, 11) is 2.26. The normalized spacial score (nSPS) is 32.4. The highest BCUT2D eigenvalue weighted by Crippen LogP contribution is 2.49. The fraction of sp³-hybridized carbons (Fsp3) is 0.538. The maximum atomic E-state index is 3.60. The van der Waals surface area contributed by atoms with E-state index in [1.165, 1.54) is 29.4 Å². The fourth-order valence-corrected chi connectivity index (χ4v) is 5.09. The van der Waals surface area contributed by atoms with Crippen molar-refractivity contribution in [2.45, 2.75) is 35.1 Å². The number of benzene rings is 1. The van der Waals surface area contributed by atoms with Gasteiger partial charge in [0.1, 0.15) is 0 Å². The molecule has 0 N–H and O–H groups in total. The highest BCUT2D eigenvalue weighted by molar-refractivity contribution is 14.1. The van der Waals surface area contributed by atoms with Gasteiger partial charge >= 0.3 is 0 Å². The minimum atomic E-state index is 0.721. The highest BCUT2D eigenvalue weighted by Gasteiger charge is 2.42. The fourth-order valence-electron chi connectivity index (χ4n) is 3.28. The Morgan fingerprint density at radius 3 is 3.00 bits per heavy atom. The van der Waals surface area contributed by atoms with Gasteiger partial charge in [0.15, 0.2) is 0 Å². The summed E-state index contributed by atoms with van der Waals surface area (Å²) in [6.45, 7) is 0. The minimum absolute atomic E-state index is 0.721. The number of halogens is 2. The summed E-state index contributed by atoms with van der Waals surface area (Å²) in [6, 6.07) is 7.47. The lowest BCUT2D eigenvalue weighted by Gasteiger charge is -2.35. The van der Waals surface area contributed by atoms with Gasteiger partial charge in [-0.05, 0) is 36.6 Å². The Hall–Kier alpha value is 0.230. The number of likely N-dealkylation sites (N-methyl/N-ethyl adjacent to an activating group) is 1. The number of alkyl halides is 1. The summed E-state index contributed by atoms with van der Waals surface area (Å²) in [5, 5.41) is 0. The summed E-state index contributed by atoms with van der Waals surface area (Å²) in [6.07, 6.45) is 4.12. The van der Waals surface area contributed by atoms with Gasteiger partial charge in [0.2, 0.25) is 0 Å². The molecule has 1 aliphatic heterocycles. The molecule has 0 amide bonds. The van der Waals surface area contributed by atoms with E-state index in [1.54, 1.807) is 5.56 Å². The Morgan fingerprint density at radius 2 is 2.19 bits per heavy atom. The Kier molecular flexibility index (Phi) is 2.94. The highest BCUT2D eigenvalue weighted by atomic mass is 127. The van der Waals surface area contributed by atoms with Crippen LogP contribution in [0.15, 0.2) is 22.7 Å². The van der Waals surface area contributed by atoms with Crippen molar-refractivity contribution in [2.24, 2.45) is 0 Å². The molecule has 0 saturated heterocycles. The number of fused-ring (bicyclic) bond motifs is 3. The monoisotopic (exact) mass is 391 g/mol. The molecule has 1 aromatic carbocycles. The van der Waals surface area contributed by atoms with Crippen LogP contribution in [0.5, 0.6) is 0 Å². The van der Waals surface area contributed by atoms with Crippen LogP contribution in [0.2, 0.25) is 0 Å². The zero-order valence-electron chi connectivity index (χ0n) is 9.29. The van der Waals surface area contributed by atoms with Gasteiger partial charge in [-0.3, -0.25) is 0 Å². The second kappa shape index (κ2) is 4.16. The van der Waals surface area contributed by atoms with Crippen LogP contribution in [0, 0.1) is 0 Å². The lowest BCUT2D eigenvalue weighted by molar-refractivity contribution is 0.416. The zero-order valence-corrected chi connectivity index (χ0v) is 13.0. The van der Waals surface area contributed by atoms with E-state index in [1.807, 2.05) is 0 Å². The molecule has 1 saturated carbocycles. The molecule has 3 rings (SSSR count). The predicted molar refractivity (Wildman–Crippen MR) is 80.7 cm³/mol. The molecule has 1 heterocycles. The van der Waals surface area contributed by atoms with Gasteiger partial charge in [-0.15, -0.1) is 0 Å². The van der Waals surface area contributed by atoms with Crippen molar-refractivity contribution >= 4 is 44.2 Å². The average Bonchev–Trinajstić information content (AvgIpc) is 2.54. The number of hydrogen-bond acceptors (Lipinski definition) is 1. The molecule has 3 atom stereocenters. The number of anilines is 1. The van der Waals surface area contributed by atoms with Gasteiger partial charge in [-0.2, -0.15) is 0 Å². The minimum Gasteiger partial charge on any atom is -0.370 e. The molecule has 1 nitrogen and oxygen atoms in total. The molecule has 0 spiro atoms. The smallest absolute Gasteiger partial charge is 0.0473 e. The van der Waals surface area contributed by atoms with Gasteiger partial charge in [0, 0.05) is 33.1 Å². The Balaban J connectivity index is 2.08. The second-order valence-electron chi connectivity index (χ2n) is 4.86. The van der Waals surface area contributed by atoms with Crippen molar-refractivity contribution in [1.29, 1.82) is 0 Å². The standard InChI is InChI=1S/C13H15BrIN/c1-16-12-6-5-8(14)7-10(12)9-3-2-4-11(15)13(9)16/h5-7,9,11,13H,2-4H2,1H3. The number of nitrogens with zero attached hydrogens (tertiary/aromatic N) is 1. The van der Waals surface area contributed by atoms with Crippen LogP contribution in [0.25, 0.3) is 0 Å². The molecule has 0 bridgehead atoms. The van der Waals surface area contributed by atoms with E-state index in [4.69, 9.17) is 0 Å². The molecule has 3 heteroatoms. The van der Waals surface area contributed by atoms with Crippen molar-refractivity contribution in [3.05, 3.63) is 28.2 Å². The van der Waals surface area contributed by atoms with E-state index >= 15 is 0 Å². The van der Waals surface area contributed by atoms with Crippen LogP contribution in [-0.2, 0) is 0 Å². The molecule has 1 aromatic rings. The molecule has 1 aliphatic carbocycles. The molecular weight excluding hydrogens is 377 g/mol. The van der Waals surface area contributed by atoms with Gasteiger partial charge in [0.05, 0.1) is 0 Å². The largest absolute Gasteiger partial charge is 0.370 e. The Bertz CT molecular complexity index is 420. The molecule has 2 aliphatic rings. The van der Waals surface area contributed by atoms with Crippen LogP contribution in [0.3, 0.4) is 0 Å². The summed E-state index contributed by atoms with van der Waals surface area (Å²) >= 11 is 6.24. The topological polar surface area (TPSA) is 3.24 Å². The van der Waals surface area contributed by atoms with Crippen LogP contribution < -0.4 is 4.90 Å². The van der Waals surface area contributed by atoms with Crippen LogP contribution in [0.1, 0.15) is 30.7 Å². The molecular formula is C13H15BrIN. The first-order chi connectivity index (χ1) is 7.68. The van der Waals surface area contributed by atoms with E-state index in [2.05, 4.69) is 68.7 Å². The first-order valence-electron chi connectivity index (χ1n) is 5.85. The molecule has 86 valence electrons. The first-order valence-corrected chi connectivity index (χ1v) is 7.88. The van der Waals surface area contributed by atoms with E-state index in [9.17, 15) is 0 Å². The summed E-state index contributed by atoms with van der Waals surface area (Å²) in [4.78, 5) is 2.50. The van der Waals surface area contributed by atoms with Crippen molar-refractivity contribution in [3.8, 4) is 0 Å². The Labute approximate surface area is 119 Å². The summed E-state index contributed by atoms with van der Waals surface area (Å²) < 4.78 is 2.02. The maximum Gasteiger partial charge on any atom is 0.0473 e. The van der Waals surface area contributed by atoms with Crippen molar-refractivity contribution in [2.75, 3.05) is 11.9 Å². The third-order valence-electron chi connectivity index (χ3n) is 3.99. The van der Waals surface area contributed by atoms with Crippen LogP contribution in [-0.4, -0.2) is 17.0 Å². The molecule has 0 aromatic heterocycles. The van der Waals surface area contributed by atoms with Crippen LogP contribution in [0.4, 0.5) is 5.69 Å². The quantitative estimate of drug-likeness (QED) is 0.469. The van der Waals surface area contributed by atoms with Crippen molar-refractivity contribution in [3.63, 3.8) is 0 Å². The lowest BCUT2D eigenvalue weighted by Crippen LogP contribution is -2.40. The SMILES string of the molecule is CN1c2ccc(Br)cc2C2CCCC(I)C21. The van der Waals surface area contributed by atoms with Crippen molar-refractivity contribution in [1.82, 2.24) is 0 Å². The molecule has 16 heavy (non-hydrogen) atoms. The second-order valence-corrected chi connectivity index (χ2v) is 7.37. The third-order valence-corrected chi connectivity index (χ3v) is 5.85. The summed E-state index contributed by atoms with van der Waals surface area (Å²) in [5.41, 5.74) is 3.00. The van der Waals surface area contributed by atoms with E-state index in [0.29, 0.717) is 0 Å². The lowest BCUT2D eigenvalue weighted by atomic mass is 9.82. The Morgan fingerprint density at radius 1 is 1.38 bits per heavy atom. The van der Waals surface area contributed by atoms with Gasteiger partial charge < -0.3 is 4.90 Å². The molecule has 1 fully saturated rings. The third kappa shape index (κ3) is 1.62. The van der Waals surface area contributed by atoms with E-state index < -0.39 is 0 Å². The average molecular weight is 392 g/mol. The molecule has 3 unspecified atom stereocenters. The number of rotatable bonds is 0. The van der Waals surface area contributed by atoms with Crippen LogP contribution >= 0.6 is 38.5 Å². The maximum absolute atomic E-state index is 3.60. The van der Waals surface area contributed by atoms with Gasteiger partial charge in [0.25, 0.3) is 0 Å². The van der Waals surface area contributed by atoms with E-state index in [0.717, 1.165) is 15.9 Å². The zero-order chi connectivity index (χ0) is 11.3. The van der Waals surface area contributed by atoms with Gasteiger partial charge in [-0.25, -0.2) is 0 Å². The van der Waals surface area contributed by atoms with E-state index in [-0.39, 0.29) is 0 Å².